The number of aliphatic hydroxyl groups is 1. The van der Waals surface area contributed by atoms with Crippen LogP contribution in [0.1, 0.15) is 52.4 Å². The fourth-order valence-corrected chi connectivity index (χ4v) is 4.75. The SMILES string of the molecule is C/C1=C\C(=O)OC2CC(CCC(C)/C=C/CC1)OC(O)(C1CSC(=O)N1)C2. The fraction of sp³-hybridized carbons (Fsp3) is 0.700. The van der Waals surface area contributed by atoms with E-state index in [1.54, 1.807) is 6.08 Å². The molecule has 7 heteroatoms. The van der Waals surface area contributed by atoms with Crippen molar-refractivity contribution in [1.29, 1.82) is 0 Å². The van der Waals surface area contributed by atoms with E-state index in [4.69, 9.17) is 9.47 Å². The molecule has 0 radical (unpaired) electrons. The Balaban J connectivity index is 1.78. The third-order valence-corrected chi connectivity index (χ3v) is 6.28. The van der Waals surface area contributed by atoms with Crippen molar-refractivity contribution < 1.29 is 24.2 Å². The van der Waals surface area contributed by atoms with Crippen LogP contribution in [0.2, 0.25) is 0 Å². The first-order valence-corrected chi connectivity index (χ1v) is 10.7. The molecule has 27 heavy (non-hydrogen) atoms. The Morgan fingerprint density at radius 3 is 2.85 bits per heavy atom. The summed E-state index contributed by atoms with van der Waals surface area (Å²) in [6.07, 6.45) is 9.42. The number of carbonyl (C=O) groups is 2. The van der Waals surface area contributed by atoms with Crippen molar-refractivity contribution in [3.8, 4) is 0 Å². The maximum atomic E-state index is 12.3. The van der Waals surface area contributed by atoms with Gasteiger partial charge in [0, 0.05) is 24.7 Å². The number of amides is 1. The van der Waals surface area contributed by atoms with Gasteiger partial charge in [-0.05, 0) is 38.5 Å². The van der Waals surface area contributed by atoms with E-state index in [-0.39, 0.29) is 23.7 Å². The first-order chi connectivity index (χ1) is 12.8. The Labute approximate surface area is 164 Å². The molecule has 2 bridgehead atoms. The fourth-order valence-electron chi connectivity index (χ4n) is 3.86. The molecule has 0 aromatic heterocycles. The largest absolute Gasteiger partial charge is 0.459 e. The molecule has 1 amide bonds. The van der Waals surface area contributed by atoms with Crippen LogP contribution in [0.3, 0.4) is 0 Å². The van der Waals surface area contributed by atoms with Gasteiger partial charge in [-0.2, -0.15) is 0 Å². The van der Waals surface area contributed by atoms with Crippen molar-refractivity contribution >= 4 is 23.0 Å². The lowest BCUT2D eigenvalue weighted by atomic mass is 9.90. The lowest BCUT2D eigenvalue weighted by Gasteiger charge is -2.43. The van der Waals surface area contributed by atoms with E-state index in [0.29, 0.717) is 18.1 Å². The number of nitrogens with one attached hydrogen (secondary N) is 1. The second-order valence-corrected chi connectivity index (χ2v) is 8.88. The third-order valence-electron chi connectivity index (χ3n) is 5.40. The summed E-state index contributed by atoms with van der Waals surface area (Å²) < 4.78 is 11.7. The van der Waals surface area contributed by atoms with E-state index in [0.717, 1.165) is 43.0 Å². The van der Waals surface area contributed by atoms with Gasteiger partial charge in [-0.1, -0.05) is 36.4 Å². The van der Waals surface area contributed by atoms with Crippen molar-refractivity contribution in [3.05, 3.63) is 23.8 Å². The number of ether oxygens (including phenoxy) is 2. The molecule has 0 spiro atoms. The number of rotatable bonds is 1. The monoisotopic (exact) mass is 395 g/mol. The molecule has 5 unspecified atom stereocenters. The molecule has 2 fully saturated rings. The second-order valence-electron chi connectivity index (χ2n) is 7.89. The molecular weight excluding hydrogens is 366 g/mol. The number of carbonyl (C=O) groups excluding carboxylic acids is 2. The average Bonchev–Trinajstić information content (AvgIpc) is 3.03. The van der Waals surface area contributed by atoms with Crippen molar-refractivity contribution in [1.82, 2.24) is 5.32 Å². The number of thioether (sulfide) groups is 1. The Hall–Kier alpha value is -1.31. The molecule has 150 valence electrons. The molecule has 0 aromatic carbocycles. The normalized spacial score (nSPS) is 41.7. The van der Waals surface area contributed by atoms with Crippen LogP contribution in [0.15, 0.2) is 23.8 Å². The highest BCUT2D eigenvalue weighted by atomic mass is 32.2. The predicted octanol–water partition coefficient (Wildman–Crippen LogP) is 3.30. The van der Waals surface area contributed by atoms with Gasteiger partial charge in [-0.15, -0.1) is 0 Å². The summed E-state index contributed by atoms with van der Waals surface area (Å²) in [5.41, 5.74) is 0.979. The molecule has 0 aromatic rings. The van der Waals surface area contributed by atoms with E-state index in [1.165, 1.54) is 0 Å². The Morgan fingerprint density at radius 1 is 1.30 bits per heavy atom. The highest BCUT2D eigenvalue weighted by molar-refractivity contribution is 8.14. The number of esters is 1. The Bertz CT molecular complexity index is 634. The lowest BCUT2D eigenvalue weighted by molar-refractivity contribution is -0.283. The van der Waals surface area contributed by atoms with Crippen LogP contribution in [0.25, 0.3) is 0 Å². The summed E-state index contributed by atoms with van der Waals surface area (Å²) in [6, 6.07) is -0.493. The minimum Gasteiger partial charge on any atom is -0.459 e. The third kappa shape index (κ3) is 5.59. The first kappa shape index (κ1) is 20.4. The average molecular weight is 396 g/mol. The van der Waals surface area contributed by atoms with E-state index in [1.807, 2.05) is 6.92 Å². The van der Waals surface area contributed by atoms with Crippen LogP contribution in [-0.2, 0) is 14.3 Å². The number of hydrogen-bond acceptors (Lipinski definition) is 6. The Kier molecular flexibility index (Phi) is 6.65. The molecular formula is C20H29NO5S. The zero-order valence-corrected chi connectivity index (χ0v) is 16.8. The lowest BCUT2D eigenvalue weighted by Crippen LogP contribution is -2.58. The molecule has 0 saturated carbocycles. The van der Waals surface area contributed by atoms with Gasteiger partial charge < -0.3 is 19.9 Å². The molecule has 2 N–H and O–H groups in total. The standard InChI is InChI=1S/C20H29NO5S/c1-13-5-3-4-6-14(2)9-18(22)25-16-10-15(8-7-13)26-20(24,11-16)17-12-27-19(23)21-17/h3,5,9,13,15-17,24H,4,6-8,10-12H2,1-2H3,(H,21,23)/b5-3+,14-9+. The molecule has 3 rings (SSSR count). The minimum absolute atomic E-state index is 0.160. The first-order valence-electron chi connectivity index (χ1n) is 9.72. The zero-order chi connectivity index (χ0) is 19.4. The van der Waals surface area contributed by atoms with Gasteiger partial charge in [-0.3, -0.25) is 4.79 Å². The molecule has 6 nitrogen and oxygen atoms in total. The molecule has 3 aliphatic rings. The van der Waals surface area contributed by atoms with Gasteiger partial charge in [0.2, 0.25) is 0 Å². The van der Waals surface area contributed by atoms with Gasteiger partial charge >= 0.3 is 5.97 Å². The van der Waals surface area contributed by atoms with Crippen LogP contribution >= 0.6 is 11.8 Å². The van der Waals surface area contributed by atoms with E-state index < -0.39 is 17.9 Å². The number of hydrogen-bond donors (Lipinski definition) is 2. The van der Waals surface area contributed by atoms with Crippen LogP contribution in [0.5, 0.6) is 0 Å². The summed E-state index contributed by atoms with van der Waals surface area (Å²) in [5.74, 6) is -1.03. The molecule has 3 heterocycles. The van der Waals surface area contributed by atoms with Crippen molar-refractivity contribution in [2.24, 2.45) is 5.92 Å². The van der Waals surface area contributed by atoms with Crippen molar-refractivity contribution in [3.63, 3.8) is 0 Å². The topological polar surface area (TPSA) is 84.9 Å². The van der Waals surface area contributed by atoms with Crippen LogP contribution in [0, 0.1) is 5.92 Å². The maximum Gasteiger partial charge on any atom is 0.330 e. The van der Waals surface area contributed by atoms with Gasteiger partial charge in [0.1, 0.15) is 6.10 Å². The summed E-state index contributed by atoms with van der Waals surface area (Å²) in [7, 11) is 0. The maximum absolute atomic E-state index is 12.3. The van der Waals surface area contributed by atoms with Crippen LogP contribution in [-0.4, -0.2) is 46.1 Å². The number of allylic oxidation sites excluding steroid dienone is 3. The molecule has 0 aliphatic carbocycles. The van der Waals surface area contributed by atoms with Crippen LogP contribution in [0.4, 0.5) is 4.79 Å². The van der Waals surface area contributed by atoms with Gasteiger partial charge in [0.05, 0.1) is 12.1 Å². The summed E-state index contributed by atoms with van der Waals surface area (Å²) >= 11 is 1.14. The number of fused-ring (bicyclic) bond motifs is 2. The molecule has 3 aliphatic heterocycles. The smallest absolute Gasteiger partial charge is 0.330 e. The minimum atomic E-state index is -1.51. The zero-order valence-electron chi connectivity index (χ0n) is 16.0. The van der Waals surface area contributed by atoms with Gasteiger partial charge in [0.25, 0.3) is 5.24 Å². The molecule has 2 saturated heterocycles. The van der Waals surface area contributed by atoms with Crippen LogP contribution < -0.4 is 5.32 Å². The summed E-state index contributed by atoms with van der Waals surface area (Å²) in [4.78, 5) is 23.9. The summed E-state index contributed by atoms with van der Waals surface area (Å²) in [5, 5.41) is 13.7. The van der Waals surface area contributed by atoms with Crippen molar-refractivity contribution in [2.45, 2.75) is 76.4 Å². The van der Waals surface area contributed by atoms with Gasteiger partial charge in [0.15, 0.2) is 5.79 Å². The quantitative estimate of drug-likeness (QED) is 0.523. The highest BCUT2D eigenvalue weighted by Gasteiger charge is 2.49. The van der Waals surface area contributed by atoms with E-state index in [9.17, 15) is 14.7 Å². The summed E-state index contributed by atoms with van der Waals surface area (Å²) in [6.45, 7) is 4.10. The second kappa shape index (κ2) is 8.80. The van der Waals surface area contributed by atoms with E-state index in [2.05, 4.69) is 24.4 Å². The molecule has 5 atom stereocenters. The predicted molar refractivity (Wildman–Crippen MR) is 104 cm³/mol. The van der Waals surface area contributed by atoms with Gasteiger partial charge in [-0.25, -0.2) is 4.79 Å². The van der Waals surface area contributed by atoms with E-state index >= 15 is 0 Å². The highest BCUT2D eigenvalue weighted by Crippen LogP contribution is 2.37. The van der Waals surface area contributed by atoms with Crippen molar-refractivity contribution in [2.75, 3.05) is 5.75 Å². The Morgan fingerprint density at radius 2 is 2.11 bits per heavy atom.